The van der Waals surface area contributed by atoms with E-state index in [9.17, 15) is 8.42 Å². The van der Waals surface area contributed by atoms with Crippen LogP contribution >= 0.6 is 0 Å². The van der Waals surface area contributed by atoms with Gasteiger partial charge in [0.05, 0.1) is 12.6 Å². The maximum atomic E-state index is 12.9. The van der Waals surface area contributed by atoms with Gasteiger partial charge in [-0.15, -0.1) is 0 Å². The van der Waals surface area contributed by atoms with Gasteiger partial charge in [-0.1, -0.05) is 0 Å². The van der Waals surface area contributed by atoms with Gasteiger partial charge in [-0.05, 0) is 44.2 Å². The van der Waals surface area contributed by atoms with E-state index in [4.69, 9.17) is 9.15 Å². The van der Waals surface area contributed by atoms with Gasteiger partial charge < -0.3 is 9.15 Å². The molecular weight excluding hydrogens is 304 g/mol. The molecule has 0 aliphatic carbocycles. The first-order valence-electron chi connectivity index (χ1n) is 7.84. The van der Waals surface area contributed by atoms with Crippen LogP contribution in [0.3, 0.4) is 0 Å². The van der Waals surface area contributed by atoms with E-state index in [0.29, 0.717) is 32.2 Å². The van der Waals surface area contributed by atoms with Crippen LogP contribution in [0.1, 0.15) is 36.8 Å². The van der Waals surface area contributed by atoms with E-state index in [-0.39, 0.29) is 6.04 Å². The Morgan fingerprint density at radius 1 is 1.32 bits per heavy atom. The first kappa shape index (κ1) is 16.0. The number of aryl methyl sites for hydroxylation is 1. The molecule has 2 aliphatic heterocycles. The lowest BCUT2D eigenvalue weighted by Crippen LogP contribution is -2.42. The van der Waals surface area contributed by atoms with Gasteiger partial charge in [-0.3, -0.25) is 0 Å². The monoisotopic (exact) mass is 328 g/mol. The van der Waals surface area contributed by atoms with E-state index >= 15 is 0 Å². The maximum absolute atomic E-state index is 12.9. The molecule has 0 amide bonds. The average Bonchev–Trinajstić information content (AvgIpc) is 3.17. The number of nitrogens with zero attached hydrogens (tertiary/aromatic N) is 2. The van der Waals surface area contributed by atoms with Crippen LogP contribution in [0, 0.1) is 12.8 Å². The van der Waals surface area contributed by atoms with Gasteiger partial charge in [0.2, 0.25) is 0 Å². The third-order valence-corrected chi connectivity index (χ3v) is 6.58. The van der Waals surface area contributed by atoms with Crippen LogP contribution < -0.4 is 0 Å². The Bertz CT molecular complexity index is 613. The van der Waals surface area contributed by atoms with Gasteiger partial charge in [-0.2, -0.15) is 17.0 Å². The van der Waals surface area contributed by atoms with Gasteiger partial charge in [0.15, 0.2) is 0 Å². The van der Waals surface area contributed by atoms with Gasteiger partial charge in [0, 0.05) is 26.7 Å². The van der Waals surface area contributed by atoms with E-state index in [1.54, 1.807) is 15.7 Å². The SMILES string of the molecule is COC[C@@H]1CCN(S(=O)(=O)N2CCC[C@@H]2c2ccc(C)o2)C1. The highest BCUT2D eigenvalue weighted by molar-refractivity contribution is 7.86. The lowest BCUT2D eigenvalue weighted by atomic mass is 10.1. The zero-order valence-corrected chi connectivity index (χ0v) is 14.0. The molecular formula is C15H24N2O4S. The Morgan fingerprint density at radius 3 is 2.82 bits per heavy atom. The summed E-state index contributed by atoms with van der Waals surface area (Å²) >= 11 is 0. The number of hydrogen-bond donors (Lipinski definition) is 0. The van der Waals surface area contributed by atoms with E-state index < -0.39 is 10.2 Å². The second kappa shape index (κ2) is 6.31. The molecule has 2 atom stereocenters. The van der Waals surface area contributed by atoms with Crippen LogP contribution in [0.25, 0.3) is 0 Å². The zero-order chi connectivity index (χ0) is 15.7. The molecule has 7 heteroatoms. The van der Waals surface area contributed by atoms with Crippen molar-refractivity contribution in [2.24, 2.45) is 5.92 Å². The summed E-state index contributed by atoms with van der Waals surface area (Å²) in [6.07, 6.45) is 2.56. The van der Waals surface area contributed by atoms with Gasteiger partial charge in [0.1, 0.15) is 11.5 Å². The number of ether oxygens (including phenoxy) is 1. The van der Waals surface area contributed by atoms with Crippen molar-refractivity contribution in [3.05, 3.63) is 23.7 Å². The van der Waals surface area contributed by atoms with E-state index in [1.807, 2.05) is 19.1 Å². The first-order chi connectivity index (χ1) is 10.5. The zero-order valence-electron chi connectivity index (χ0n) is 13.2. The predicted molar refractivity (Wildman–Crippen MR) is 82.6 cm³/mol. The summed E-state index contributed by atoms with van der Waals surface area (Å²) in [6, 6.07) is 3.62. The molecule has 0 spiro atoms. The van der Waals surface area contributed by atoms with Gasteiger partial charge >= 0.3 is 0 Å². The van der Waals surface area contributed by atoms with Gasteiger partial charge in [-0.25, -0.2) is 0 Å². The van der Waals surface area contributed by atoms with Crippen molar-refractivity contribution in [2.45, 2.75) is 32.2 Å². The standard InChI is InChI=1S/C15H24N2O4S/c1-12-5-6-15(21-12)14-4-3-8-17(14)22(18,19)16-9-7-13(10-16)11-20-2/h5-6,13-14H,3-4,7-11H2,1-2H3/t13-,14-/m1/s1. The molecule has 124 valence electrons. The van der Waals surface area contributed by atoms with Crippen molar-refractivity contribution >= 4 is 10.2 Å². The van der Waals surface area contributed by atoms with Crippen LogP contribution in [0.15, 0.2) is 16.5 Å². The number of hydrogen-bond acceptors (Lipinski definition) is 4. The summed E-state index contributed by atoms with van der Waals surface area (Å²) in [5.74, 6) is 1.87. The quantitative estimate of drug-likeness (QED) is 0.829. The fourth-order valence-corrected chi connectivity index (χ4v) is 5.38. The smallest absolute Gasteiger partial charge is 0.282 e. The molecule has 0 N–H and O–H groups in total. The second-order valence-electron chi connectivity index (χ2n) is 6.19. The normalized spacial score (nSPS) is 27.7. The third-order valence-electron chi connectivity index (χ3n) is 4.57. The van der Waals surface area contributed by atoms with Crippen molar-refractivity contribution in [1.82, 2.24) is 8.61 Å². The summed E-state index contributed by atoms with van der Waals surface area (Å²) < 4.78 is 39.9. The first-order valence-corrected chi connectivity index (χ1v) is 9.24. The molecule has 0 aromatic carbocycles. The summed E-state index contributed by atoms with van der Waals surface area (Å²) in [4.78, 5) is 0. The Balaban J connectivity index is 1.76. The molecule has 2 aliphatic rings. The molecule has 1 aromatic heterocycles. The minimum atomic E-state index is -3.43. The predicted octanol–water partition coefficient (Wildman–Crippen LogP) is 1.94. The maximum Gasteiger partial charge on any atom is 0.282 e. The summed E-state index contributed by atoms with van der Waals surface area (Å²) in [5, 5.41) is 0. The largest absolute Gasteiger partial charge is 0.465 e. The fraction of sp³-hybridized carbons (Fsp3) is 0.733. The van der Waals surface area contributed by atoms with Crippen molar-refractivity contribution < 1.29 is 17.6 Å². The van der Waals surface area contributed by atoms with Crippen molar-refractivity contribution in [1.29, 1.82) is 0 Å². The molecule has 0 unspecified atom stereocenters. The summed E-state index contributed by atoms with van der Waals surface area (Å²) in [7, 11) is -1.77. The second-order valence-corrected chi connectivity index (χ2v) is 8.07. The summed E-state index contributed by atoms with van der Waals surface area (Å²) in [5.41, 5.74) is 0. The Labute approximate surface area is 132 Å². The van der Waals surface area contributed by atoms with Crippen LogP contribution in [0.4, 0.5) is 0 Å². The van der Waals surface area contributed by atoms with Crippen LogP contribution in [-0.4, -0.2) is 50.4 Å². The molecule has 3 rings (SSSR count). The number of rotatable bonds is 5. The van der Waals surface area contributed by atoms with Gasteiger partial charge in [0.25, 0.3) is 10.2 Å². The third kappa shape index (κ3) is 2.95. The van der Waals surface area contributed by atoms with Crippen LogP contribution in [0.5, 0.6) is 0 Å². The molecule has 1 aromatic rings. The van der Waals surface area contributed by atoms with E-state index in [2.05, 4.69) is 0 Å². The van der Waals surface area contributed by atoms with Crippen molar-refractivity contribution in [3.63, 3.8) is 0 Å². The minimum absolute atomic E-state index is 0.167. The van der Waals surface area contributed by atoms with Crippen LogP contribution in [0.2, 0.25) is 0 Å². The molecule has 22 heavy (non-hydrogen) atoms. The topological polar surface area (TPSA) is 63.0 Å². The Hall–Kier alpha value is -0.890. The van der Waals surface area contributed by atoms with Crippen molar-refractivity contribution in [3.8, 4) is 0 Å². The van der Waals surface area contributed by atoms with E-state index in [1.165, 1.54) is 0 Å². The number of methoxy groups -OCH3 is 1. The fourth-order valence-electron chi connectivity index (χ4n) is 3.46. The lowest BCUT2D eigenvalue weighted by molar-refractivity contribution is 0.157. The molecule has 0 saturated carbocycles. The molecule has 6 nitrogen and oxygen atoms in total. The minimum Gasteiger partial charge on any atom is -0.465 e. The molecule has 0 radical (unpaired) electrons. The molecule has 3 heterocycles. The molecule has 2 saturated heterocycles. The summed E-state index contributed by atoms with van der Waals surface area (Å²) in [6.45, 7) is 4.20. The lowest BCUT2D eigenvalue weighted by Gasteiger charge is -2.27. The molecule has 2 fully saturated rings. The Kier molecular flexibility index (Phi) is 4.59. The highest BCUT2D eigenvalue weighted by atomic mass is 32.2. The van der Waals surface area contributed by atoms with Crippen molar-refractivity contribution in [2.75, 3.05) is 33.4 Å². The van der Waals surface area contributed by atoms with E-state index in [0.717, 1.165) is 30.8 Å². The Morgan fingerprint density at radius 2 is 2.14 bits per heavy atom. The highest BCUT2D eigenvalue weighted by Crippen LogP contribution is 2.37. The number of furan rings is 1. The van der Waals surface area contributed by atoms with Crippen LogP contribution in [-0.2, 0) is 14.9 Å². The highest BCUT2D eigenvalue weighted by Gasteiger charge is 2.42. The average molecular weight is 328 g/mol. The molecule has 0 bridgehead atoms.